The van der Waals surface area contributed by atoms with E-state index in [9.17, 15) is 0 Å². The number of hydrogen-bond donors (Lipinski definition) is 2. The number of terminal acetylenes is 1. The summed E-state index contributed by atoms with van der Waals surface area (Å²) in [5.74, 6) is 3.68. The summed E-state index contributed by atoms with van der Waals surface area (Å²) in [6.45, 7) is 8.23. The van der Waals surface area contributed by atoms with E-state index in [0.29, 0.717) is 11.7 Å². The van der Waals surface area contributed by atoms with Crippen LogP contribution in [-0.2, 0) is 6.42 Å². The zero-order valence-corrected chi connectivity index (χ0v) is 21.6. The average Bonchev–Trinajstić information content (AvgIpc) is 3.50. The van der Waals surface area contributed by atoms with Crippen LogP contribution < -0.4 is 11.1 Å². The molecule has 3 N–H and O–H groups in total. The fourth-order valence-corrected chi connectivity index (χ4v) is 4.69. The molecule has 1 aliphatic rings. The van der Waals surface area contributed by atoms with Gasteiger partial charge < -0.3 is 11.1 Å². The van der Waals surface area contributed by atoms with Crippen LogP contribution in [0.4, 0.5) is 5.82 Å². The molecule has 5 rings (SSSR count). The maximum atomic E-state index is 5.92. The highest BCUT2D eigenvalue weighted by Gasteiger charge is 2.21. The van der Waals surface area contributed by atoms with Gasteiger partial charge in [-0.1, -0.05) is 42.5 Å². The predicted molar refractivity (Wildman–Crippen MR) is 147 cm³/mol. The van der Waals surface area contributed by atoms with E-state index in [-0.39, 0.29) is 0 Å². The van der Waals surface area contributed by atoms with Crippen LogP contribution in [0.2, 0.25) is 0 Å². The minimum absolute atomic E-state index is 0.567. The number of nitrogens with one attached hydrogen (secondary N) is 1. The van der Waals surface area contributed by atoms with Crippen LogP contribution in [0.5, 0.6) is 0 Å². The molecule has 6 nitrogen and oxygen atoms in total. The zero-order chi connectivity index (χ0) is 25.0. The number of benzene rings is 1. The Morgan fingerprint density at radius 1 is 1.20 bits per heavy atom. The molecule has 0 bridgehead atoms. The summed E-state index contributed by atoms with van der Waals surface area (Å²) in [7, 11) is 0. The largest absolute Gasteiger partial charge is 0.382 e. The lowest BCUT2D eigenvalue weighted by Gasteiger charge is -2.22. The predicted octanol–water partition coefficient (Wildman–Crippen LogP) is 5.38. The molecule has 0 aliphatic carbocycles. The highest BCUT2D eigenvalue weighted by Crippen LogP contribution is 2.29. The minimum atomic E-state index is 0.567. The Morgan fingerprint density at radius 3 is 2.54 bits per heavy atom. The SMILES string of the molecule is C#Cc1csc(Cc2ccccc2)n1.C/C=C\C.Cc1cc(C2CCNCC2)n2ncnc(N)c12. The van der Waals surface area contributed by atoms with Gasteiger partial charge in [0.2, 0.25) is 0 Å². The number of thiazole rings is 1. The van der Waals surface area contributed by atoms with E-state index in [1.54, 1.807) is 11.3 Å². The number of hydrogen-bond acceptors (Lipinski definition) is 6. The third-order valence-corrected chi connectivity index (χ3v) is 6.64. The lowest BCUT2D eigenvalue weighted by atomic mass is 9.94. The number of anilines is 1. The Morgan fingerprint density at radius 2 is 1.91 bits per heavy atom. The number of piperidine rings is 1. The van der Waals surface area contributed by atoms with Crippen LogP contribution in [0, 0.1) is 19.3 Å². The van der Waals surface area contributed by atoms with Crippen LogP contribution >= 0.6 is 11.3 Å². The quantitative estimate of drug-likeness (QED) is 0.300. The second kappa shape index (κ2) is 13.4. The molecule has 0 spiro atoms. The van der Waals surface area contributed by atoms with E-state index in [1.165, 1.54) is 17.6 Å². The van der Waals surface area contributed by atoms with Crippen LogP contribution in [0.1, 0.15) is 60.1 Å². The summed E-state index contributed by atoms with van der Waals surface area (Å²) in [6, 6.07) is 12.5. The molecule has 1 fully saturated rings. The Hall–Kier alpha value is -3.47. The number of aryl methyl sites for hydroxylation is 1. The highest BCUT2D eigenvalue weighted by molar-refractivity contribution is 7.09. The molecular formula is C28H34N6S. The van der Waals surface area contributed by atoms with Crippen molar-refractivity contribution in [1.29, 1.82) is 0 Å². The molecule has 1 aromatic carbocycles. The smallest absolute Gasteiger partial charge is 0.151 e. The molecule has 0 amide bonds. The van der Waals surface area contributed by atoms with Crippen molar-refractivity contribution in [2.75, 3.05) is 18.8 Å². The van der Waals surface area contributed by atoms with Gasteiger partial charge in [-0.15, -0.1) is 17.8 Å². The minimum Gasteiger partial charge on any atom is -0.382 e. The van der Waals surface area contributed by atoms with Crippen molar-refractivity contribution in [1.82, 2.24) is 24.9 Å². The van der Waals surface area contributed by atoms with Gasteiger partial charge in [0.1, 0.15) is 17.5 Å². The maximum Gasteiger partial charge on any atom is 0.151 e. The molecule has 0 atom stereocenters. The summed E-state index contributed by atoms with van der Waals surface area (Å²) in [5.41, 5.74) is 11.3. The molecule has 1 saturated heterocycles. The van der Waals surface area contributed by atoms with Gasteiger partial charge in [-0.05, 0) is 69.8 Å². The summed E-state index contributed by atoms with van der Waals surface area (Å²) < 4.78 is 1.97. The first-order valence-electron chi connectivity index (χ1n) is 11.9. The monoisotopic (exact) mass is 486 g/mol. The summed E-state index contributed by atoms with van der Waals surface area (Å²) in [6.07, 6.45) is 14.0. The fraction of sp³-hybridized carbons (Fsp3) is 0.321. The number of aromatic nitrogens is 4. The standard InChI is InChI=1S/C12H17N5.C12H9NS.C4H8/c1-8-6-10(9-2-4-14-5-3-9)17-11(8)12(13)15-7-16-17;1-2-11-9-14-12(13-11)8-10-6-4-3-5-7-10;1-3-4-2/h6-7,9,14H,2-5H2,1H3,(H2,13,15,16);1,3-7,9H,8H2;3-4H,1-2H3/b;;4-3-. The summed E-state index contributed by atoms with van der Waals surface area (Å²) >= 11 is 1.62. The number of nitrogens with zero attached hydrogens (tertiary/aromatic N) is 4. The highest BCUT2D eigenvalue weighted by atomic mass is 32.1. The van der Waals surface area contributed by atoms with Gasteiger partial charge in [0.05, 0.1) is 5.01 Å². The molecule has 4 aromatic rings. The molecule has 182 valence electrons. The van der Waals surface area contributed by atoms with Crippen molar-refractivity contribution >= 4 is 22.7 Å². The molecule has 7 heteroatoms. The maximum absolute atomic E-state index is 5.92. The van der Waals surface area contributed by atoms with Gasteiger partial charge in [-0.3, -0.25) is 0 Å². The first-order chi connectivity index (χ1) is 17.1. The first-order valence-corrected chi connectivity index (χ1v) is 12.8. The van der Waals surface area contributed by atoms with Gasteiger partial charge in [-0.2, -0.15) is 5.10 Å². The van der Waals surface area contributed by atoms with Gasteiger partial charge in [0, 0.05) is 23.4 Å². The van der Waals surface area contributed by atoms with Crippen molar-refractivity contribution in [3.8, 4) is 12.3 Å². The molecule has 0 unspecified atom stereocenters. The van der Waals surface area contributed by atoms with Crippen molar-refractivity contribution in [2.45, 2.75) is 46.0 Å². The molecule has 0 saturated carbocycles. The Labute approximate surface area is 212 Å². The van der Waals surface area contributed by atoms with E-state index >= 15 is 0 Å². The average molecular weight is 487 g/mol. The summed E-state index contributed by atoms with van der Waals surface area (Å²) in [4.78, 5) is 8.37. The number of nitrogen functional groups attached to an aromatic ring is 1. The fourth-order valence-electron chi connectivity index (χ4n) is 3.92. The van der Waals surface area contributed by atoms with Crippen LogP contribution in [0.15, 0.2) is 60.3 Å². The molecule has 4 heterocycles. The van der Waals surface area contributed by atoms with Crippen molar-refractivity contribution in [2.24, 2.45) is 0 Å². The molecule has 0 radical (unpaired) electrons. The van der Waals surface area contributed by atoms with E-state index in [0.717, 1.165) is 54.1 Å². The third-order valence-electron chi connectivity index (χ3n) is 5.79. The van der Waals surface area contributed by atoms with E-state index in [2.05, 4.69) is 51.4 Å². The third kappa shape index (κ3) is 7.25. The molecule has 1 aliphatic heterocycles. The second-order valence-electron chi connectivity index (χ2n) is 8.28. The normalized spacial score (nSPS) is 13.5. The Balaban J connectivity index is 0.000000173. The number of rotatable bonds is 3. The molecule has 35 heavy (non-hydrogen) atoms. The van der Waals surface area contributed by atoms with Crippen LogP contribution in [-0.4, -0.2) is 32.7 Å². The number of nitrogens with two attached hydrogens (primary N) is 1. The van der Waals surface area contributed by atoms with E-state index < -0.39 is 0 Å². The van der Waals surface area contributed by atoms with E-state index in [1.807, 2.05) is 54.1 Å². The topological polar surface area (TPSA) is 81.1 Å². The van der Waals surface area contributed by atoms with Crippen molar-refractivity contribution < 1.29 is 0 Å². The Bertz CT molecular complexity index is 1260. The van der Waals surface area contributed by atoms with E-state index in [4.69, 9.17) is 12.2 Å². The first kappa shape index (κ1) is 26.1. The van der Waals surface area contributed by atoms with Gasteiger partial charge in [0.15, 0.2) is 5.82 Å². The number of allylic oxidation sites excluding steroid dienone is 2. The van der Waals surface area contributed by atoms with Crippen LogP contribution in [0.3, 0.4) is 0 Å². The van der Waals surface area contributed by atoms with Crippen molar-refractivity contribution in [3.63, 3.8) is 0 Å². The zero-order valence-electron chi connectivity index (χ0n) is 20.7. The lowest BCUT2D eigenvalue weighted by molar-refractivity contribution is 0.448. The van der Waals surface area contributed by atoms with Gasteiger partial charge in [-0.25, -0.2) is 14.5 Å². The van der Waals surface area contributed by atoms with Crippen LogP contribution in [0.25, 0.3) is 5.52 Å². The van der Waals surface area contributed by atoms with Gasteiger partial charge in [0.25, 0.3) is 0 Å². The lowest BCUT2D eigenvalue weighted by Crippen LogP contribution is -2.27. The molecular weight excluding hydrogens is 452 g/mol. The molecule has 3 aromatic heterocycles. The van der Waals surface area contributed by atoms with Crippen molar-refractivity contribution in [3.05, 3.63) is 87.8 Å². The number of fused-ring (bicyclic) bond motifs is 1. The Kier molecular flexibility index (Phi) is 10.0. The summed E-state index contributed by atoms with van der Waals surface area (Å²) in [5, 5.41) is 10.7. The van der Waals surface area contributed by atoms with Gasteiger partial charge >= 0.3 is 0 Å². The second-order valence-corrected chi connectivity index (χ2v) is 9.22.